The first-order valence-electron chi connectivity index (χ1n) is 8.64. The highest BCUT2D eigenvalue weighted by molar-refractivity contribution is 6.31. The van der Waals surface area contributed by atoms with E-state index in [0.29, 0.717) is 22.8 Å². The number of nitrogens with zero attached hydrogens (tertiary/aromatic N) is 2. The summed E-state index contributed by atoms with van der Waals surface area (Å²) in [5.74, 6) is -0.580. The van der Waals surface area contributed by atoms with Crippen molar-refractivity contribution >= 4 is 29.3 Å². The Morgan fingerprint density at radius 1 is 1.18 bits per heavy atom. The number of nitrogens with two attached hydrogens (primary N) is 1. The first-order valence-corrected chi connectivity index (χ1v) is 9.01. The van der Waals surface area contributed by atoms with E-state index in [1.165, 1.54) is 10.9 Å². The van der Waals surface area contributed by atoms with Crippen molar-refractivity contribution < 1.29 is 14.3 Å². The number of benzene rings is 2. The van der Waals surface area contributed by atoms with Crippen LogP contribution in [0.3, 0.4) is 0 Å². The lowest BCUT2D eigenvalue weighted by atomic mass is 10.1. The molecule has 2 aromatic carbocycles. The molecule has 0 bridgehead atoms. The Morgan fingerprint density at radius 3 is 2.57 bits per heavy atom. The fourth-order valence-corrected chi connectivity index (χ4v) is 2.81. The molecule has 3 aromatic rings. The summed E-state index contributed by atoms with van der Waals surface area (Å²) in [6.45, 7) is 2.30. The first-order chi connectivity index (χ1) is 13.5. The Hall–Kier alpha value is -3.32. The molecule has 1 aromatic heterocycles. The zero-order valence-corrected chi connectivity index (χ0v) is 15.9. The number of amides is 1. The summed E-state index contributed by atoms with van der Waals surface area (Å²) in [7, 11) is 0. The average Bonchev–Trinajstić information content (AvgIpc) is 3.09. The number of rotatable bonds is 6. The van der Waals surface area contributed by atoms with Crippen molar-refractivity contribution in [3.63, 3.8) is 0 Å². The zero-order valence-electron chi connectivity index (χ0n) is 15.2. The van der Waals surface area contributed by atoms with Gasteiger partial charge >= 0.3 is 5.97 Å². The van der Waals surface area contributed by atoms with Crippen LogP contribution < -0.4 is 11.1 Å². The van der Waals surface area contributed by atoms with Crippen molar-refractivity contribution in [2.45, 2.75) is 13.5 Å². The van der Waals surface area contributed by atoms with Gasteiger partial charge in [0.1, 0.15) is 11.4 Å². The molecule has 28 heavy (non-hydrogen) atoms. The van der Waals surface area contributed by atoms with Crippen molar-refractivity contribution in [3.05, 3.63) is 76.4 Å². The Labute approximate surface area is 167 Å². The summed E-state index contributed by atoms with van der Waals surface area (Å²) in [4.78, 5) is 24.2. The predicted molar refractivity (Wildman–Crippen MR) is 107 cm³/mol. The number of aromatic nitrogens is 2. The maximum absolute atomic E-state index is 12.3. The van der Waals surface area contributed by atoms with Crippen LogP contribution in [0.2, 0.25) is 5.02 Å². The lowest BCUT2D eigenvalue weighted by molar-refractivity contribution is 0.0527. The van der Waals surface area contributed by atoms with Crippen molar-refractivity contribution in [1.82, 2.24) is 15.1 Å². The van der Waals surface area contributed by atoms with Gasteiger partial charge in [0, 0.05) is 17.1 Å². The van der Waals surface area contributed by atoms with Crippen LogP contribution in [0.15, 0.2) is 54.7 Å². The van der Waals surface area contributed by atoms with Gasteiger partial charge in [-0.1, -0.05) is 29.8 Å². The molecular formula is C20H19ClN4O3. The van der Waals surface area contributed by atoms with Gasteiger partial charge in [-0.2, -0.15) is 5.10 Å². The molecule has 0 aliphatic rings. The Kier molecular flexibility index (Phi) is 5.96. The van der Waals surface area contributed by atoms with Crippen molar-refractivity contribution in [2.75, 3.05) is 12.3 Å². The molecule has 0 fully saturated rings. The van der Waals surface area contributed by atoms with Gasteiger partial charge in [-0.15, -0.1) is 0 Å². The van der Waals surface area contributed by atoms with E-state index in [1.54, 1.807) is 37.3 Å². The highest BCUT2D eigenvalue weighted by Gasteiger charge is 2.17. The van der Waals surface area contributed by atoms with Gasteiger partial charge in [-0.05, 0) is 42.8 Å². The van der Waals surface area contributed by atoms with Crippen LogP contribution in [0.1, 0.15) is 33.2 Å². The monoisotopic (exact) mass is 398 g/mol. The van der Waals surface area contributed by atoms with Gasteiger partial charge in [0.05, 0.1) is 18.5 Å². The van der Waals surface area contributed by atoms with E-state index in [-0.39, 0.29) is 23.9 Å². The summed E-state index contributed by atoms with van der Waals surface area (Å²) in [5.41, 5.74) is 8.13. The summed E-state index contributed by atoms with van der Waals surface area (Å²) in [6, 6.07) is 14.0. The van der Waals surface area contributed by atoms with Crippen LogP contribution in [-0.2, 0) is 11.3 Å². The van der Waals surface area contributed by atoms with Crippen molar-refractivity contribution in [2.24, 2.45) is 0 Å². The van der Waals surface area contributed by atoms with Crippen molar-refractivity contribution in [1.29, 1.82) is 0 Å². The van der Waals surface area contributed by atoms with Gasteiger partial charge in [0.15, 0.2) is 0 Å². The van der Waals surface area contributed by atoms with E-state index < -0.39 is 5.97 Å². The maximum atomic E-state index is 12.3. The number of hydrogen-bond acceptors (Lipinski definition) is 5. The van der Waals surface area contributed by atoms with Crippen LogP contribution in [0.5, 0.6) is 0 Å². The summed E-state index contributed by atoms with van der Waals surface area (Å²) in [5, 5.41) is 7.55. The van der Waals surface area contributed by atoms with E-state index in [0.717, 1.165) is 5.56 Å². The molecule has 8 heteroatoms. The molecule has 144 valence electrons. The molecule has 0 atom stereocenters. The topological polar surface area (TPSA) is 99.2 Å². The largest absolute Gasteiger partial charge is 0.462 e. The van der Waals surface area contributed by atoms with Crippen LogP contribution in [0.25, 0.3) is 5.69 Å². The molecule has 0 aliphatic heterocycles. The minimum atomic E-state index is -0.526. The third-order valence-corrected chi connectivity index (χ3v) is 4.44. The number of ether oxygens (including phenoxy) is 1. The van der Waals surface area contributed by atoms with Crippen LogP contribution >= 0.6 is 11.6 Å². The van der Waals surface area contributed by atoms with E-state index >= 15 is 0 Å². The van der Waals surface area contributed by atoms with Crippen LogP contribution in [0, 0.1) is 0 Å². The second kappa shape index (κ2) is 8.58. The number of nitrogen functional groups attached to an aromatic ring is 1. The van der Waals surface area contributed by atoms with Gasteiger partial charge in [-0.25, -0.2) is 9.48 Å². The summed E-state index contributed by atoms with van der Waals surface area (Å²) in [6.07, 6.45) is 1.36. The smallest absolute Gasteiger partial charge is 0.343 e. The highest BCUT2D eigenvalue weighted by Crippen LogP contribution is 2.19. The summed E-state index contributed by atoms with van der Waals surface area (Å²) >= 11 is 6.10. The molecule has 0 aliphatic carbocycles. The number of carbonyl (C=O) groups is 2. The molecule has 0 unspecified atom stereocenters. The fraction of sp³-hybridized carbons (Fsp3) is 0.150. The third-order valence-electron chi connectivity index (χ3n) is 4.07. The van der Waals surface area contributed by atoms with E-state index in [1.807, 2.05) is 18.2 Å². The number of halogens is 1. The number of hydrogen-bond donors (Lipinski definition) is 2. The van der Waals surface area contributed by atoms with Gasteiger partial charge in [0.25, 0.3) is 5.91 Å². The number of esters is 1. The van der Waals surface area contributed by atoms with E-state index in [2.05, 4.69) is 10.4 Å². The lowest BCUT2D eigenvalue weighted by Crippen LogP contribution is -2.22. The number of anilines is 1. The predicted octanol–water partition coefficient (Wildman–Crippen LogP) is 3.21. The Balaban J connectivity index is 1.70. The molecule has 0 spiro atoms. The molecule has 0 saturated carbocycles. The zero-order chi connectivity index (χ0) is 20.1. The van der Waals surface area contributed by atoms with Gasteiger partial charge in [-0.3, -0.25) is 4.79 Å². The molecule has 1 heterocycles. The fourth-order valence-electron chi connectivity index (χ4n) is 2.60. The van der Waals surface area contributed by atoms with E-state index in [9.17, 15) is 9.59 Å². The minimum absolute atomic E-state index is 0.175. The van der Waals surface area contributed by atoms with Crippen molar-refractivity contribution in [3.8, 4) is 5.69 Å². The minimum Gasteiger partial charge on any atom is -0.462 e. The molecular weight excluding hydrogens is 380 g/mol. The SMILES string of the molecule is CCOC(=O)c1cnn(-c2ccc(C(=O)NCc3ccccc3Cl)cc2)c1N. The Morgan fingerprint density at radius 2 is 1.89 bits per heavy atom. The molecule has 1 amide bonds. The average molecular weight is 399 g/mol. The Bertz CT molecular complexity index is 999. The molecule has 7 nitrogen and oxygen atoms in total. The second-order valence-electron chi connectivity index (χ2n) is 5.90. The molecule has 3 rings (SSSR count). The highest BCUT2D eigenvalue weighted by atomic mass is 35.5. The van der Waals surface area contributed by atoms with Crippen LogP contribution in [0.4, 0.5) is 5.82 Å². The lowest BCUT2D eigenvalue weighted by Gasteiger charge is -2.09. The van der Waals surface area contributed by atoms with Gasteiger partial charge in [0.2, 0.25) is 0 Å². The van der Waals surface area contributed by atoms with Gasteiger partial charge < -0.3 is 15.8 Å². The molecule has 0 saturated heterocycles. The molecule has 0 radical (unpaired) electrons. The maximum Gasteiger partial charge on any atom is 0.343 e. The quantitative estimate of drug-likeness (QED) is 0.621. The number of nitrogens with one attached hydrogen (secondary N) is 1. The van der Waals surface area contributed by atoms with Crippen LogP contribution in [-0.4, -0.2) is 28.3 Å². The second-order valence-corrected chi connectivity index (χ2v) is 6.30. The standard InChI is InChI=1S/C20H19ClN4O3/c1-2-28-20(27)16-12-24-25(18(16)22)15-9-7-13(8-10-15)19(26)23-11-14-5-3-4-6-17(14)21/h3-10,12H,2,11,22H2,1H3,(H,23,26). The van der Waals surface area contributed by atoms with E-state index in [4.69, 9.17) is 22.1 Å². The normalized spacial score (nSPS) is 10.5. The first kappa shape index (κ1) is 19.4. The molecule has 3 N–H and O–H groups in total. The third kappa shape index (κ3) is 4.15. The number of carbonyl (C=O) groups excluding carboxylic acids is 2. The summed E-state index contributed by atoms with van der Waals surface area (Å²) < 4.78 is 6.36.